The van der Waals surface area contributed by atoms with Gasteiger partial charge in [-0.3, -0.25) is 14.6 Å². The van der Waals surface area contributed by atoms with Crippen molar-refractivity contribution in [2.24, 2.45) is 5.92 Å². The molecule has 0 bridgehead atoms. The van der Waals surface area contributed by atoms with Crippen LogP contribution in [-0.2, 0) is 16.1 Å². The van der Waals surface area contributed by atoms with E-state index in [4.69, 9.17) is 0 Å². The minimum absolute atomic E-state index is 0.00907. The third-order valence-corrected chi connectivity index (χ3v) is 7.66. The summed E-state index contributed by atoms with van der Waals surface area (Å²) in [4.78, 5) is 31.6. The highest BCUT2D eigenvalue weighted by Gasteiger charge is 2.29. The highest BCUT2D eigenvalue weighted by Crippen LogP contribution is 2.38. The molecule has 2 heterocycles. The van der Waals surface area contributed by atoms with Crippen LogP contribution in [0.4, 0.5) is 0 Å². The minimum atomic E-state index is -0.710. The SMILES string of the molecule is C[C@@H]1CCCCCCCCC(=O)N(C)[C@@H](C)C(=O)N[C@H]([C@H](O)CNCc2ccnc(C3CC3)c2)C1. The number of aliphatic hydroxyl groups is 1. The van der Waals surface area contributed by atoms with E-state index in [0.717, 1.165) is 37.8 Å². The van der Waals surface area contributed by atoms with E-state index < -0.39 is 12.1 Å². The first-order valence-electron chi connectivity index (χ1n) is 13.7. The highest BCUT2D eigenvalue weighted by atomic mass is 16.3. The first-order valence-corrected chi connectivity index (χ1v) is 13.7. The van der Waals surface area contributed by atoms with Gasteiger partial charge in [0.25, 0.3) is 0 Å². The Hall–Kier alpha value is -1.99. The molecule has 2 amide bonds. The maximum atomic E-state index is 13.0. The van der Waals surface area contributed by atoms with Crippen molar-refractivity contribution < 1.29 is 14.7 Å². The van der Waals surface area contributed by atoms with Gasteiger partial charge in [-0.05, 0) is 56.2 Å². The zero-order valence-electron chi connectivity index (χ0n) is 22.0. The third-order valence-electron chi connectivity index (χ3n) is 7.66. The quantitative estimate of drug-likeness (QED) is 0.567. The van der Waals surface area contributed by atoms with Crippen molar-refractivity contribution in [2.45, 2.75) is 115 Å². The van der Waals surface area contributed by atoms with Crippen LogP contribution >= 0.6 is 0 Å². The summed E-state index contributed by atoms with van der Waals surface area (Å²) in [7, 11) is 1.70. The van der Waals surface area contributed by atoms with E-state index >= 15 is 0 Å². The van der Waals surface area contributed by atoms with Gasteiger partial charge >= 0.3 is 0 Å². The van der Waals surface area contributed by atoms with Crippen molar-refractivity contribution in [1.82, 2.24) is 20.5 Å². The fourth-order valence-electron chi connectivity index (χ4n) is 4.92. The topological polar surface area (TPSA) is 94.6 Å². The molecule has 0 radical (unpaired) electrons. The van der Waals surface area contributed by atoms with Crippen LogP contribution in [0.25, 0.3) is 0 Å². The van der Waals surface area contributed by atoms with Gasteiger partial charge in [-0.15, -0.1) is 0 Å². The van der Waals surface area contributed by atoms with E-state index in [1.54, 1.807) is 18.9 Å². The van der Waals surface area contributed by atoms with Crippen LogP contribution in [0.2, 0.25) is 0 Å². The molecular weight excluding hydrogens is 440 g/mol. The Morgan fingerprint density at radius 2 is 1.83 bits per heavy atom. The number of nitrogens with zero attached hydrogens (tertiary/aromatic N) is 2. The van der Waals surface area contributed by atoms with Crippen molar-refractivity contribution >= 4 is 11.8 Å². The Kier molecular flexibility index (Phi) is 11.0. The van der Waals surface area contributed by atoms with Crippen LogP contribution < -0.4 is 10.6 Å². The molecule has 7 heteroatoms. The summed E-state index contributed by atoms with van der Waals surface area (Å²) in [6.45, 7) is 5.02. The Morgan fingerprint density at radius 3 is 2.57 bits per heavy atom. The first kappa shape index (κ1) is 27.6. The van der Waals surface area contributed by atoms with Crippen LogP contribution in [-0.4, -0.2) is 58.6 Å². The molecular formula is C28H46N4O3. The fraction of sp³-hybridized carbons (Fsp3) is 0.750. The van der Waals surface area contributed by atoms with Crippen molar-refractivity contribution in [3.8, 4) is 0 Å². The summed E-state index contributed by atoms with van der Waals surface area (Å²) >= 11 is 0. The normalized spacial score (nSPS) is 26.9. The second kappa shape index (κ2) is 13.9. The zero-order valence-corrected chi connectivity index (χ0v) is 22.0. The number of aromatic nitrogens is 1. The second-order valence-electron chi connectivity index (χ2n) is 10.9. The van der Waals surface area contributed by atoms with E-state index in [-0.39, 0.29) is 17.9 Å². The second-order valence-corrected chi connectivity index (χ2v) is 10.9. The molecule has 1 aliphatic heterocycles. The highest BCUT2D eigenvalue weighted by molar-refractivity contribution is 5.87. The maximum Gasteiger partial charge on any atom is 0.242 e. The molecule has 196 valence electrons. The number of carbonyl (C=O) groups excluding carboxylic acids is 2. The van der Waals surface area contributed by atoms with Gasteiger partial charge in [-0.1, -0.05) is 45.4 Å². The molecule has 0 aromatic carbocycles. The van der Waals surface area contributed by atoms with Gasteiger partial charge < -0.3 is 20.6 Å². The number of pyridine rings is 1. The molecule has 3 rings (SSSR count). The van der Waals surface area contributed by atoms with E-state index in [2.05, 4.69) is 28.6 Å². The lowest BCUT2D eigenvalue weighted by Gasteiger charge is -2.31. The van der Waals surface area contributed by atoms with Crippen LogP contribution in [0.1, 0.15) is 102 Å². The van der Waals surface area contributed by atoms with Crippen LogP contribution in [0.3, 0.4) is 0 Å². The van der Waals surface area contributed by atoms with Crippen LogP contribution in [0, 0.1) is 5.92 Å². The number of carbonyl (C=O) groups is 2. The molecule has 1 aromatic heterocycles. The van der Waals surface area contributed by atoms with E-state index in [0.29, 0.717) is 31.3 Å². The molecule has 1 aliphatic carbocycles. The van der Waals surface area contributed by atoms with Gasteiger partial charge in [-0.25, -0.2) is 0 Å². The number of hydrogen-bond acceptors (Lipinski definition) is 5. The summed E-state index contributed by atoms with van der Waals surface area (Å²) in [5.74, 6) is 0.823. The van der Waals surface area contributed by atoms with Gasteiger partial charge in [0, 0.05) is 44.4 Å². The van der Waals surface area contributed by atoms with Gasteiger partial charge in [0.1, 0.15) is 6.04 Å². The predicted octanol–water partition coefficient (Wildman–Crippen LogP) is 3.90. The molecule has 2 aliphatic rings. The van der Waals surface area contributed by atoms with Gasteiger partial charge in [0.15, 0.2) is 0 Å². The molecule has 1 saturated heterocycles. The molecule has 3 N–H and O–H groups in total. The Balaban J connectivity index is 1.59. The maximum absolute atomic E-state index is 13.0. The van der Waals surface area contributed by atoms with E-state index in [1.165, 1.54) is 37.7 Å². The van der Waals surface area contributed by atoms with Crippen molar-refractivity contribution in [3.05, 3.63) is 29.6 Å². The minimum Gasteiger partial charge on any atom is -0.390 e. The smallest absolute Gasteiger partial charge is 0.242 e. The first-order chi connectivity index (χ1) is 16.8. The van der Waals surface area contributed by atoms with Crippen LogP contribution in [0.5, 0.6) is 0 Å². The number of aliphatic hydroxyl groups excluding tert-OH is 1. The molecule has 7 nitrogen and oxygen atoms in total. The number of nitrogens with one attached hydrogen (secondary N) is 2. The average Bonchev–Trinajstić information content (AvgIpc) is 3.69. The lowest BCUT2D eigenvalue weighted by atomic mass is 9.92. The Morgan fingerprint density at radius 1 is 1.11 bits per heavy atom. The number of amides is 2. The van der Waals surface area contributed by atoms with Gasteiger partial charge in [0.2, 0.25) is 11.8 Å². The standard InChI is InChI=1S/C28H46N4O3/c1-20-10-8-6-4-5-7-9-11-27(34)32(3)21(2)28(35)31-25(16-20)26(33)19-29-18-22-14-15-30-24(17-22)23-12-13-23/h14-15,17,20-21,23,25-26,29,33H,4-13,16,18-19H2,1-3H3,(H,31,35)/t20-,21+,25+,26-/m1/s1. The van der Waals surface area contributed by atoms with Crippen molar-refractivity contribution in [3.63, 3.8) is 0 Å². The molecule has 0 unspecified atom stereocenters. The van der Waals surface area contributed by atoms with Crippen LogP contribution in [0.15, 0.2) is 18.3 Å². The zero-order chi connectivity index (χ0) is 25.2. The lowest BCUT2D eigenvalue weighted by Crippen LogP contribution is -2.53. The predicted molar refractivity (Wildman–Crippen MR) is 139 cm³/mol. The van der Waals surface area contributed by atoms with Gasteiger partial charge in [0.05, 0.1) is 12.1 Å². The Labute approximate surface area is 211 Å². The Bertz CT molecular complexity index is 813. The summed E-state index contributed by atoms with van der Waals surface area (Å²) in [5.41, 5.74) is 2.33. The molecule has 4 atom stereocenters. The summed E-state index contributed by atoms with van der Waals surface area (Å²) in [6.07, 6.45) is 12.6. The third kappa shape index (κ3) is 9.19. The van der Waals surface area contributed by atoms with Crippen molar-refractivity contribution in [1.29, 1.82) is 0 Å². The number of likely N-dealkylation sites (N-methyl/N-ethyl adjacent to an activating group) is 1. The monoisotopic (exact) mass is 486 g/mol. The summed E-state index contributed by atoms with van der Waals surface area (Å²) in [6, 6.07) is 3.24. The molecule has 1 saturated carbocycles. The van der Waals surface area contributed by atoms with Crippen molar-refractivity contribution in [2.75, 3.05) is 13.6 Å². The molecule has 35 heavy (non-hydrogen) atoms. The number of rotatable bonds is 6. The molecule has 0 spiro atoms. The summed E-state index contributed by atoms with van der Waals surface area (Å²) in [5, 5.41) is 17.5. The largest absolute Gasteiger partial charge is 0.390 e. The van der Waals surface area contributed by atoms with E-state index in [9.17, 15) is 14.7 Å². The molecule has 2 fully saturated rings. The summed E-state index contributed by atoms with van der Waals surface area (Å²) < 4.78 is 0. The number of hydrogen-bond donors (Lipinski definition) is 3. The molecule has 1 aromatic rings. The van der Waals surface area contributed by atoms with Gasteiger partial charge in [-0.2, -0.15) is 0 Å². The fourth-order valence-corrected chi connectivity index (χ4v) is 4.92. The lowest BCUT2D eigenvalue weighted by molar-refractivity contribution is -0.139. The average molecular weight is 487 g/mol. The van der Waals surface area contributed by atoms with E-state index in [1.807, 2.05) is 12.3 Å².